The molecule has 1 fully saturated rings. The van der Waals surface area contributed by atoms with E-state index < -0.39 is 0 Å². The van der Waals surface area contributed by atoms with Crippen molar-refractivity contribution in [1.29, 1.82) is 0 Å². The van der Waals surface area contributed by atoms with Gasteiger partial charge in [-0.2, -0.15) is 0 Å². The van der Waals surface area contributed by atoms with Gasteiger partial charge in [0.25, 0.3) is 0 Å². The van der Waals surface area contributed by atoms with Crippen molar-refractivity contribution in [2.24, 2.45) is 0 Å². The summed E-state index contributed by atoms with van der Waals surface area (Å²) in [5.74, 6) is 0.445. The van der Waals surface area contributed by atoms with Crippen LogP contribution in [0.25, 0.3) is 0 Å². The maximum Gasteiger partial charge on any atom is 0.322 e. The predicted octanol–water partition coefficient (Wildman–Crippen LogP) is 4.97. The molecule has 0 unspecified atom stereocenters. The van der Waals surface area contributed by atoms with E-state index in [4.69, 9.17) is 4.74 Å². The molecular formula is C18H18BrFN2O2. The van der Waals surface area contributed by atoms with Crippen LogP contribution in [-0.2, 0) is 0 Å². The van der Waals surface area contributed by atoms with Gasteiger partial charge in [-0.15, -0.1) is 0 Å². The van der Waals surface area contributed by atoms with Crippen molar-refractivity contribution in [2.45, 2.75) is 18.9 Å². The van der Waals surface area contributed by atoms with Crippen LogP contribution in [0.2, 0.25) is 0 Å². The first kappa shape index (κ1) is 16.8. The van der Waals surface area contributed by atoms with Crippen LogP contribution in [-0.4, -0.2) is 24.6 Å². The van der Waals surface area contributed by atoms with Gasteiger partial charge in [-0.05, 0) is 64.7 Å². The van der Waals surface area contributed by atoms with Crippen molar-refractivity contribution >= 4 is 27.6 Å². The summed E-state index contributed by atoms with van der Waals surface area (Å²) in [6, 6.07) is 11.9. The van der Waals surface area contributed by atoms with Gasteiger partial charge >= 0.3 is 6.03 Å². The molecule has 2 aromatic rings. The van der Waals surface area contributed by atoms with Gasteiger partial charge in [0.15, 0.2) is 0 Å². The number of urea groups is 1. The lowest BCUT2D eigenvalue weighted by Gasteiger charge is -2.25. The highest BCUT2D eigenvalue weighted by molar-refractivity contribution is 9.10. The Kier molecular flexibility index (Phi) is 5.04. The van der Waals surface area contributed by atoms with Crippen molar-refractivity contribution in [3.63, 3.8) is 0 Å². The smallest absolute Gasteiger partial charge is 0.322 e. The number of likely N-dealkylation sites (tertiary alicyclic amines) is 1. The van der Waals surface area contributed by atoms with E-state index in [1.165, 1.54) is 12.1 Å². The van der Waals surface area contributed by atoms with Gasteiger partial charge in [0.2, 0.25) is 0 Å². The third kappa shape index (κ3) is 3.53. The standard InChI is InChI=1S/C18H18BrFN2O2/c1-24-14-7-4-12(5-8-14)17-3-2-10-22(17)18(23)21-16-9-6-13(20)11-15(16)19/h4-9,11,17H,2-3,10H2,1H3,(H,21,23)/t17-/m0/s1. The highest BCUT2D eigenvalue weighted by Crippen LogP contribution is 2.33. The lowest BCUT2D eigenvalue weighted by molar-refractivity contribution is 0.207. The number of amides is 2. The molecule has 0 aromatic heterocycles. The lowest BCUT2D eigenvalue weighted by Crippen LogP contribution is -2.34. The molecule has 0 bridgehead atoms. The maximum atomic E-state index is 13.2. The Bertz CT molecular complexity index is 736. The van der Waals surface area contributed by atoms with Gasteiger partial charge in [-0.3, -0.25) is 0 Å². The second-order valence-electron chi connectivity index (χ2n) is 5.68. The Morgan fingerprint density at radius 2 is 2.04 bits per heavy atom. The molecule has 0 spiro atoms. The number of anilines is 1. The van der Waals surface area contributed by atoms with Crippen LogP contribution >= 0.6 is 15.9 Å². The number of nitrogens with zero attached hydrogens (tertiary/aromatic N) is 1. The first-order valence-electron chi connectivity index (χ1n) is 7.75. The summed E-state index contributed by atoms with van der Waals surface area (Å²) in [4.78, 5) is 14.5. The van der Waals surface area contributed by atoms with Crippen LogP contribution in [0.3, 0.4) is 0 Å². The van der Waals surface area contributed by atoms with E-state index in [0.29, 0.717) is 16.7 Å². The van der Waals surface area contributed by atoms with Gasteiger partial charge in [-0.25, -0.2) is 9.18 Å². The van der Waals surface area contributed by atoms with Crippen LogP contribution in [0, 0.1) is 5.82 Å². The molecule has 4 nitrogen and oxygen atoms in total. The molecular weight excluding hydrogens is 375 g/mol. The van der Waals surface area contributed by atoms with Crippen LogP contribution in [0.1, 0.15) is 24.4 Å². The molecule has 126 valence electrons. The summed E-state index contributed by atoms with van der Waals surface area (Å²) in [6.45, 7) is 0.696. The Morgan fingerprint density at radius 3 is 2.71 bits per heavy atom. The summed E-state index contributed by atoms with van der Waals surface area (Å²) in [6.07, 6.45) is 1.87. The van der Waals surface area contributed by atoms with Crippen LogP contribution < -0.4 is 10.1 Å². The fraction of sp³-hybridized carbons (Fsp3) is 0.278. The number of carbonyl (C=O) groups excluding carboxylic acids is 1. The Hall–Kier alpha value is -2.08. The minimum absolute atomic E-state index is 0.0372. The molecule has 1 atom stereocenters. The van der Waals surface area contributed by atoms with E-state index >= 15 is 0 Å². The van der Waals surface area contributed by atoms with Crippen molar-refractivity contribution < 1.29 is 13.9 Å². The quantitative estimate of drug-likeness (QED) is 0.801. The topological polar surface area (TPSA) is 41.6 Å². The summed E-state index contributed by atoms with van der Waals surface area (Å²) in [7, 11) is 1.63. The lowest BCUT2D eigenvalue weighted by atomic mass is 10.0. The first-order chi connectivity index (χ1) is 11.6. The normalized spacial score (nSPS) is 17.0. The van der Waals surface area contributed by atoms with E-state index in [0.717, 1.165) is 24.2 Å². The molecule has 1 saturated heterocycles. The minimum Gasteiger partial charge on any atom is -0.497 e. The number of hydrogen-bond donors (Lipinski definition) is 1. The highest BCUT2D eigenvalue weighted by Gasteiger charge is 2.30. The average molecular weight is 393 g/mol. The third-order valence-corrected chi connectivity index (χ3v) is 4.84. The molecule has 0 radical (unpaired) electrons. The number of ether oxygens (including phenoxy) is 1. The molecule has 0 saturated carbocycles. The molecule has 2 amide bonds. The van der Waals surface area contributed by atoms with Gasteiger partial charge < -0.3 is 15.0 Å². The number of hydrogen-bond acceptors (Lipinski definition) is 2. The maximum absolute atomic E-state index is 13.2. The number of nitrogens with one attached hydrogen (secondary N) is 1. The number of halogens is 2. The average Bonchev–Trinajstić information content (AvgIpc) is 3.07. The molecule has 3 rings (SSSR count). The summed E-state index contributed by atoms with van der Waals surface area (Å²) >= 11 is 3.27. The zero-order valence-corrected chi connectivity index (χ0v) is 14.8. The van der Waals surface area contributed by atoms with E-state index in [1.54, 1.807) is 13.2 Å². The van der Waals surface area contributed by atoms with Gasteiger partial charge in [-0.1, -0.05) is 12.1 Å². The zero-order valence-electron chi connectivity index (χ0n) is 13.3. The van der Waals surface area contributed by atoms with Gasteiger partial charge in [0.05, 0.1) is 18.8 Å². The molecule has 0 aliphatic carbocycles. The second-order valence-corrected chi connectivity index (χ2v) is 6.53. The Morgan fingerprint density at radius 1 is 1.29 bits per heavy atom. The molecule has 1 N–H and O–H groups in total. The number of rotatable bonds is 3. The number of benzene rings is 2. The van der Waals surface area contributed by atoms with Crippen molar-refractivity contribution in [2.75, 3.05) is 19.0 Å². The Labute approximate surface area is 148 Å². The molecule has 24 heavy (non-hydrogen) atoms. The van der Waals surface area contributed by atoms with E-state index in [1.807, 2.05) is 29.2 Å². The van der Waals surface area contributed by atoms with Crippen molar-refractivity contribution in [1.82, 2.24) is 4.90 Å². The highest BCUT2D eigenvalue weighted by atomic mass is 79.9. The van der Waals surface area contributed by atoms with Crippen molar-refractivity contribution in [3.05, 3.63) is 58.3 Å². The number of methoxy groups -OCH3 is 1. The van der Waals surface area contributed by atoms with Crippen LogP contribution in [0.15, 0.2) is 46.9 Å². The summed E-state index contributed by atoms with van der Waals surface area (Å²) < 4.78 is 18.9. The summed E-state index contributed by atoms with van der Waals surface area (Å²) in [5, 5.41) is 2.85. The third-order valence-electron chi connectivity index (χ3n) is 4.19. The minimum atomic E-state index is -0.350. The molecule has 1 heterocycles. The molecule has 6 heteroatoms. The monoisotopic (exact) mass is 392 g/mol. The largest absolute Gasteiger partial charge is 0.497 e. The molecule has 2 aromatic carbocycles. The Balaban J connectivity index is 1.75. The predicted molar refractivity (Wildman–Crippen MR) is 94.8 cm³/mol. The van der Waals surface area contributed by atoms with Gasteiger partial charge in [0.1, 0.15) is 11.6 Å². The van der Waals surface area contributed by atoms with E-state index in [9.17, 15) is 9.18 Å². The van der Waals surface area contributed by atoms with E-state index in [2.05, 4.69) is 21.2 Å². The van der Waals surface area contributed by atoms with Crippen LogP contribution in [0.4, 0.5) is 14.9 Å². The summed E-state index contributed by atoms with van der Waals surface area (Å²) in [5.41, 5.74) is 1.64. The zero-order chi connectivity index (χ0) is 17.1. The SMILES string of the molecule is COc1ccc([C@@H]2CCCN2C(=O)Nc2ccc(F)cc2Br)cc1. The van der Waals surface area contributed by atoms with Gasteiger partial charge in [0, 0.05) is 11.0 Å². The molecule has 1 aliphatic rings. The fourth-order valence-electron chi connectivity index (χ4n) is 2.96. The fourth-order valence-corrected chi connectivity index (χ4v) is 3.41. The first-order valence-corrected chi connectivity index (χ1v) is 8.54. The van der Waals surface area contributed by atoms with E-state index in [-0.39, 0.29) is 17.9 Å². The number of carbonyl (C=O) groups is 1. The second kappa shape index (κ2) is 7.21. The molecule has 1 aliphatic heterocycles. The van der Waals surface area contributed by atoms with Crippen molar-refractivity contribution in [3.8, 4) is 5.75 Å². The van der Waals surface area contributed by atoms with Crippen LogP contribution in [0.5, 0.6) is 5.75 Å².